The molecule has 0 radical (unpaired) electrons. The van der Waals surface area contributed by atoms with E-state index < -0.39 is 217 Å². The number of unbranched alkanes of at least 4 members (excludes halogenated alkanes) is 3. The molecule has 7 rings (SSSR count). The number of nitrogens with two attached hydrogens (primary N) is 4. The fraction of sp³-hybridized carbons (Fsp3) is 0.398. The van der Waals surface area contributed by atoms with Crippen LogP contribution in [0.2, 0.25) is 0 Å². The Bertz CT molecular complexity index is 5110. The third-order valence-corrected chi connectivity index (χ3v) is 22.2. The van der Waals surface area contributed by atoms with Gasteiger partial charge in [0.05, 0.1) is 12.5 Å². The lowest BCUT2D eigenvalue weighted by atomic mass is 10.0. The van der Waals surface area contributed by atoms with Gasteiger partial charge in [0.25, 0.3) is 0 Å². The minimum atomic E-state index is -1.99. The molecule has 39 nitrogen and oxygen atoms in total. The molecule has 0 spiro atoms. The van der Waals surface area contributed by atoms with Gasteiger partial charge >= 0.3 is 23.9 Å². The van der Waals surface area contributed by atoms with Crippen LogP contribution < -0.4 is 92.1 Å². The number of benzene rings is 7. The number of amides is 13. The molecule has 0 saturated carbocycles. The highest BCUT2D eigenvalue weighted by atomic mass is 16.4. The molecule has 7 aromatic rings. The molecular weight excluding hydrogens is 1770 g/mol. The van der Waals surface area contributed by atoms with Crippen molar-refractivity contribution in [2.45, 2.75) is 226 Å². The second kappa shape index (κ2) is 58.4. The first kappa shape index (κ1) is 109. The number of carboxylic acid groups (broad SMARTS) is 4. The summed E-state index contributed by atoms with van der Waals surface area (Å²) in [7, 11) is 0. The average Bonchev–Trinajstić information content (AvgIpc) is 0.900. The van der Waals surface area contributed by atoms with E-state index in [4.69, 9.17) is 22.9 Å². The molecule has 0 aliphatic carbocycles. The molecule has 0 bridgehead atoms. The normalized spacial score (nSPS) is 14.1. The Hall–Kier alpha value is -14.8. The molecule has 0 heterocycles. The van der Waals surface area contributed by atoms with Gasteiger partial charge in [-0.15, -0.1) is 0 Å². The van der Waals surface area contributed by atoms with Crippen LogP contribution in [-0.2, 0) is 126 Å². The Morgan fingerprint density at radius 3 is 0.642 bits per heavy atom. The van der Waals surface area contributed by atoms with Crippen LogP contribution in [-0.4, -0.2) is 230 Å². The monoisotopic (exact) mass is 1890 g/mol. The Labute approximate surface area is 792 Å². The summed E-state index contributed by atoms with van der Waals surface area (Å²) in [5, 5.41) is 84.5. The van der Waals surface area contributed by atoms with Gasteiger partial charge in [-0.05, 0) is 148 Å². The van der Waals surface area contributed by atoms with E-state index in [9.17, 15) is 78.3 Å². The number of nitrogens with one attached hydrogen (secondary N) is 13. The third kappa shape index (κ3) is 39.7. The van der Waals surface area contributed by atoms with Crippen molar-refractivity contribution in [3.63, 3.8) is 0 Å². The van der Waals surface area contributed by atoms with Crippen LogP contribution in [0.15, 0.2) is 206 Å². The number of hydrogen-bond acceptors (Lipinski definition) is 22. The average molecular weight is 1890 g/mol. The zero-order chi connectivity index (χ0) is 99.7. The molecule has 734 valence electrons. The molecule has 0 aliphatic heterocycles. The molecule has 0 fully saturated rings. The van der Waals surface area contributed by atoms with Gasteiger partial charge in [0.15, 0.2) is 0 Å². The second-order valence-electron chi connectivity index (χ2n) is 33.2. The number of hydrogen-bond donors (Lipinski definition) is 22. The fourth-order valence-electron chi connectivity index (χ4n) is 14.7. The third-order valence-electron chi connectivity index (χ3n) is 22.2. The highest BCUT2D eigenvalue weighted by molar-refractivity contribution is 6.01. The van der Waals surface area contributed by atoms with Gasteiger partial charge in [-0.25, -0.2) is 4.79 Å². The SMILES string of the molecule is C[C@H](N)C(=O)N[C@@H](Cc1ccccc1)C(=O)N[C@@H](Cc1ccc(O)cc1)C(=O)N[C@@H](CC(=O)O)C(=O)N[C@@H](CCCCN)C(=O)N[C@@H](Cc1ccccc1)C(=O)N[C@@H](Cc1ccccc1)C(=O)N[C@@H](CCC(=O)O)C(=O)N[C@@H](CCCCN)C(=O)N[C@@H](Cc1ccccc1)C(=O)N[C@@H](CCCCN)C(=O)N[C@@H](CCC(=O)O)C(=O)N[C@@H](Cc1ccccc1)C(=O)N[C@@H](Cc1ccccc1)C(=O)O. The summed E-state index contributed by atoms with van der Waals surface area (Å²) in [5.41, 5.74) is 27.0. The molecule has 7 aromatic carbocycles. The summed E-state index contributed by atoms with van der Waals surface area (Å²) in [6.07, 6.45) is -4.70. The molecule has 0 aromatic heterocycles. The predicted molar refractivity (Wildman–Crippen MR) is 504 cm³/mol. The number of carbonyl (C=O) groups is 17. The van der Waals surface area contributed by atoms with E-state index in [2.05, 4.69) is 69.1 Å². The zero-order valence-electron chi connectivity index (χ0n) is 76.2. The quantitative estimate of drug-likeness (QED) is 0.0234. The number of phenolic OH excluding ortho intramolecular Hbond substituents is 1. The predicted octanol–water partition coefficient (Wildman–Crippen LogP) is 0.716. The van der Waals surface area contributed by atoms with Gasteiger partial charge in [-0.1, -0.05) is 194 Å². The highest BCUT2D eigenvalue weighted by Crippen LogP contribution is 2.19. The number of carboxylic acids is 4. The van der Waals surface area contributed by atoms with Crippen molar-refractivity contribution in [3.05, 3.63) is 245 Å². The van der Waals surface area contributed by atoms with E-state index >= 15 is 28.8 Å². The summed E-state index contributed by atoms with van der Waals surface area (Å²) in [6, 6.07) is 33.1. The van der Waals surface area contributed by atoms with E-state index in [-0.39, 0.29) is 122 Å². The summed E-state index contributed by atoms with van der Waals surface area (Å²) >= 11 is 0. The van der Waals surface area contributed by atoms with Crippen LogP contribution in [0.4, 0.5) is 0 Å². The standard InChI is InChI=1S/C98H125N17O22/c1-60(102)85(123)108-74(52-61-26-8-2-9-27-61)93(131)113-79(57-67-41-43-68(116)44-42-67)95(133)114-80(59-84(121)122)97(135)105-71(40-22-25-51-101)88(126)110-77(55-64-32-14-5-15-33-64)94(132)112-76(54-63-30-12-4-13-31-63)92(130)107-72(45-47-82(117)118)89(127)103-70(39-21-24-50-100)87(125)109-75(53-62-28-10-3-11-29-62)91(129)104-69(38-20-23-49-99)86(124)106-73(46-48-83(119)120)90(128)111-78(56-65-34-16-6-17-35-65)96(134)115-81(98(136)137)58-66-36-18-7-19-37-66/h2-19,26-37,41-44,60,69-81,116H,20-25,38-40,45-59,99-102H2,1H3,(H,103,127)(H,104,129)(H,105,135)(H,106,124)(H,107,130)(H,108,123)(H,109,125)(H,110,126)(H,111,128)(H,112,132)(H,113,131)(H,114,133)(H,115,134)(H,117,118)(H,119,120)(H,121,122)(H,136,137)/t60-,69-,70-,71-,72-,73-,74-,75-,76-,77-,78-,79-,80-,81-/m0/s1. The van der Waals surface area contributed by atoms with Crippen LogP contribution in [0.25, 0.3) is 0 Å². The van der Waals surface area contributed by atoms with Gasteiger partial charge < -0.3 is 118 Å². The molecule has 0 aliphatic rings. The van der Waals surface area contributed by atoms with Crippen LogP contribution in [0.5, 0.6) is 5.75 Å². The minimum absolute atomic E-state index is 0.0849. The highest BCUT2D eigenvalue weighted by Gasteiger charge is 2.40. The maximum atomic E-state index is 15.3. The van der Waals surface area contributed by atoms with Gasteiger partial charge in [0.2, 0.25) is 76.8 Å². The van der Waals surface area contributed by atoms with Crippen molar-refractivity contribution in [1.29, 1.82) is 0 Å². The van der Waals surface area contributed by atoms with Gasteiger partial charge in [-0.2, -0.15) is 0 Å². The maximum Gasteiger partial charge on any atom is 0.326 e. The van der Waals surface area contributed by atoms with E-state index in [1.54, 1.807) is 182 Å². The Morgan fingerprint density at radius 2 is 0.423 bits per heavy atom. The number of phenols is 1. The van der Waals surface area contributed by atoms with Crippen LogP contribution in [0.3, 0.4) is 0 Å². The van der Waals surface area contributed by atoms with Gasteiger partial charge in [0, 0.05) is 57.8 Å². The lowest BCUT2D eigenvalue weighted by molar-refractivity contribution is -0.142. The van der Waals surface area contributed by atoms with Crippen LogP contribution >= 0.6 is 0 Å². The number of aromatic hydroxyl groups is 1. The Morgan fingerprint density at radius 1 is 0.234 bits per heavy atom. The summed E-state index contributed by atoms with van der Waals surface area (Å²) in [4.78, 5) is 241. The van der Waals surface area contributed by atoms with Gasteiger partial charge in [0.1, 0.15) is 84.3 Å². The topological polar surface area (TPSA) is 652 Å². The van der Waals surface area contributed by atoms with Crippen molar-refractivity contribution in [3.8, 4) is 5.75 Å². The molecule has 0 saturated heterocycles. The first-order valence-corrected chi connectivity index (χ1v) is 45.4. The molecule has 39 heteroatoms. The Balaban J connectivity index is 1.15. The molecular formula is C98H125N17O22. The Kier molecular flexibility index (Phi) is 46.5. The van der Waals surface area contributed by atoms with Crippen molar-refractivity contribution in [1.82, 2.24) is 69.1 Å². The van der Waals surface area contributed by atoms with Gasteiger partial charge in [-0.3, -0.25) is 76.7 Å². The molecule has 13 amide bonds. The molecule has 14 atom stereocenters. The summed E-state index contributed by atoms with van der Waals surface area (Å²) < 4.78 is 0. The van der Waals surface area contributed by atoms with Crippen LogP contribution in [0, 0.1) is 0 Å². The lowest BCUT2D eigenvalue weighted by Crippen LogP contribution is -2.61. The largest absolute Gasteiger partial charge is 0.508 e. The minimum Gasteiger partial charge on any atom is -0.508 e. The summed E-state index contributed by atoms with van der Waals surface area (Å²) in [5.74, 6) is -19.2. The van der Waals surface area contributed by atoms with E-state index in [1.165, 1.54) is 31.2 Å². The first-order valence-electron chi connectivity index (χ1n) is 45.4. The van der Waals surface area contributed by atoms with E-state index in [0.717, 1.165) is 0 Å². The first-order chi connectivity index (χ1) is 65.7. The maximum absolute atomic E-state index is 15.3. The molecule has 26 N–H and O–H groups in total. The fourth-order valence-corrected chi connectivity index (χ4v) is 14.7. The van der Waals surface area contributed by atoms with E-state index in [1.807, 2.05) is 0 Å². The van der Waals surface area contributed by atoms with Crippen molar-refractivity contribution in [2.75, 3.05) is 19.6 Å². The molecule has 0 unspecified atom stereocenters. The van der Waals surface area contributed by atoms with Crippen molar-refractivity contribution < 1.29 is 107 Å². The van der Waals surface area contributed by atoms with E-state index in [0.29, 0.717) is 45.4 Å². The number of rotatable bonds is 61. The van der Waals surface area contributed by atoms with Crippen molar-refractivity contribution in [2.24, 2.45) is 22.9 Å². The number of aliphatic carboxylic acids is 4. The second-order valence-corrected chi connectivity index (χ2v) is 33.2. The lowest BCUT2D eigenvalue weighted by Gasteiger charge is -2.29. The van der Waals surface area contributed by atoms with Crippen LogP contribution in [0.1, 0.15) is 136 Å². The van der Waals surface area contributed by atoms with Crippen molar-refractivity contribution >= 4 is 101 Å². The number of carbonyl (C=O) groups excluding carboxylic acids is 13. The smallest absolute Gasteiger partial charge is 0.326 e. The molecule has 137 heavy (non-hydrogen) atoms. The zero-order valence-corrected chi connectivity index (χ0v) is 76.2. The summed E-state index contributed by atoms with van der Waals surface area (Å²) in [6.45, 7) is 1.71.